The zero-order valence-electron chi connectivity index (χ0n) is 10.1. The topological polar surface area (TPSA) is 43.8 Å². The van der Waals surface area contributed by atoms with Crippen molar-refractivity contribution in [3.63, 3.8) is 0 Å². The van der Waals surface area contributed by atoms with Crippen LogP contribution in [0, 0.1) is 0 Å². The summed E-state index contributed by atoms with van der Waals surface area (Å²) in [5, 5.41) is 0. The minimum Gasteiger partial charge on any atom is -0.369 e. The largest absolute Gasteiger partial charge is 0.369 e. The number of thioether (sulfide) groups is 1. The molecule has 5 heteroatoms. The molecule has 1 aliphatic heterocycles. The van der Waals surface area contributed by atoms with Gasteiger partial charge in [-0.05, 0) is 52.2 Å². The molecule has 2 N–H and O–H groups in total. The van der Waals surface area contributed by atoms with E-state index in [9.17, 15) is 0 Å². The van der Waals surface area contributed by atoms with Crippen LogP contribution in [0.1, 0.15) is 12.0 Å². The van der Waals surface area contributed by atoms with Crippen LogP contribution in [0.25, 0.3) is 11.3 Å². The summed E-state index contributed by atoms with van der Waals surface area (Å²) in [7, 11) is 1.94. The van der Waals surface area contributed by atoms with E-state index in [-0.39, 0.29) is 0 Å². The number of hydrogen-bond acceptors (Lipinski definition) is 3. The van der Waals surface area contributed by atoms with E-state index in [1.54, 1.807) is 0 Å². The highest BCUT2D eigenvalue weighted by molar-refractivity contribution is 9.10. The lowest BCUT2D eigenvalue weighted by Gasteiger charge is -2.16. The Morgan fingerprint density at radius 2 is 2.28 bits per heavy atom. The average molecular weight is 324 g/mol. The Balaban J connectivity index is 2.12. The van der Waals surface area contributed by atoms with Gasteiger partial charge in [0.05, 0.1) is 5.69 Å². The summed E-state index contributed by atoms with van der Waals surface area (Å²) in [4.78, 5) is 5.66. The summed E-state index contributed by atoms with van der Waals surface area (Å²) >= 11 is 5.43. The summed E-state index contributed by atoms with van der Waals surface area (Å²) in [5.41, 5.74) is 9.50. The summed E-state index contributed by atoms with van der Waals surface area (Å²) in [6.07, 6.45) is 2.43. The Labute approximate surface area is 119 Å². The number of benzene rings is 1. The molecule has 0 amide bonds. The maximum atomic E-state index is 5.83. The molecule has 2 aromatic rings. The smallest absolute Gasteiger partial charge is 0.201 e. The van der Waals surface area contributed by atoms with Gasteiger partial charge in [0.2, 0.25) is 5.95 Å². The van der Waals surface area contributed by atoms with Gasteiger partial charge in [-0.15, -0.1) is 11.8 Å². The van der Waals surface area contributed by atoms with Gasteiger partial charge in [0.25, 0.3) is 0 Å². The van der Waals surface area contributed by atoms with Crippen LogP contribution in [-0.2, 0) is 13.5 Å². The number of nitrogens with two attached hydrogens (primary N) is 1. The van der Waals surface area contributed by atoms with Crippen molar-refractivity contribution >= 4 is 33.6 Å². The van der Waals surface area contributed by atoms with E-state index in [1.165, 1.54) is 34.6 Å². The molecular weight excluding hydrogens is 310 g/mol. The molecule has 1 aromatic carbocycles. The first kappa shape index (κ1) is 12.1. The molecule has 0 saturated carbocycles. The molecule has 3 rings (SSSR count). The molecule has 1 aromatic heterocycles. The number of rotatable bonds is 1. The van der Waals surface area contributed by atoms with E-state index in [2.05, 4.69) is 39.1 Å². The number of imidazole rings is 1. The van der Waals surface area contributed by atoms with Crippen molar-refractivity contribution < 1.29 is 0 Å². The van der Waals surface area contributed by atoms with Crippen LogP contribution in [0.2, 0.25) is 0 Å². The Morgan fingerprint density at radius 3 is 3.00 bits per heavy atom. The van der Waals surface area contributed by atoms with Gasteiger partial charge in [-0.1, -0.05) is 6.07 Å². The molecule has 2 heterocycles. The SMILES string of the molecule is Cn1c(N)nc(Br)c1-c1ccc2c(c1)CCCS2. The number of halogens is 1. The highest BCUT2D eigenvalue weighted by Gasteiger charge is 2.16. The molecule has 0 bridgehead atoms. The predicted octanol–water partition coefficient (Wildman–Crippen LogP) is 3.47. The zero-order chi connectivity index (χ0) is 12.7. The van der Waals surface area contributed by atoms with E-state index in [0.29, 0.717) is 5.95 Å². The third kappa shape index (κ3) is 1.95. The van der Waals surface area contributed by atoms with Crippen LogP contribution >= 0.6 is 27.7 Å². The Morgan fingerprint density at radius 1 is 1.44 bits per heavy atom. The zero-order valence-corrected chi connectivity index (χ0v) is 12.5. The van der Waals surface area contributed by atoms with Crippen molar-refractivity contribution in [2.75, 3.05) is 11.5 Å². The Hall–Kier alpha value is -0.940. The number of nitrogen functional groups attached to an aromatic ring is 1. The molecule has 0 radical (unpaired) electrons. The quantitative estimate of drug-likeness (QED) is 0.873. The molecule has 0 atom stereocenters. The minimum atomic E-state index is 0.531. The van der Waals surface area contributed by atoms with Crippen LogP contribution < -0.4 is 5.73 Å². The first-order valence-corrected chi connectivity index (χ1v) is 7.68. The number of aryl methyl sites for hydroxylation is 1. The summed E-state index contributed by atoms with van der Waals surface area (Å²) in [5.74, 6) is 1.76. The molecular formula is C13H14BrN3S. The second kappa shape index (κ2) is 4.63. The van der Waals surface area contributed by atoms with Crippen molar-refractivity contribution in [1.29, 1.82) is 0 Å². The van der Waals surface area contributed by atoms with Gasteiger partial charge in [-0.3, -0.25) is 0 Å². The van der Waals surface area contributed by atoms with Crippen LogP contribution in [0.3, 0.4) is 0 Å². The van der Waals surface area contributed by atoms with Crippen molar-refractivity contribution in [2.24, 2.45) is 7.05 Å². The number of nitrogens with zero attached hydrogens (tertiary/aromatic N) is 2. The van der Waals surface area contributed by atoms with E-state index in [0.717, 1.165) is 10.3 Å². The molecule has 0 unspecified atom stereocenters. The summed E-state index contributed by atoms with van der Waals surface area (Å²) in [6, 6.07) is 6.63. The molecule has 1 aliphatic rings. The van der Waals surface area contributed by atoms with Crippen LogP contribution in [0.15, 0.2) is 27.7 Å². The molecule has 0 fully saturated rings. The highest BCUT2D eigenvalue weighted by Crippen LogP contribution is 2.35. The maximum absolute atomic E-state index is 5.83. The van der Waals surface area contributed by atoms with Crippen molar-refractivity contribution in [2.45, 2.75) is 17.7 Å². The first-order valence-electron chi connectivity index (χ1n) is 5.90. The van der Waals surface area contributed by atoms with Crippen molar-refractivity contribution in [1.82, 2.24) is 9.55 Å². The predicted molar refractivity (Wildman–Crippen MR) is 79.8 cm³/mol. The molecule has 18 heavy (non-hydrogen) atoms. The maximum Gasteiger partial charge on any atom is 0.201 e. The molecule has 3 nitrogen and oxygen atoms in total. The second-order valence-electron chi connectivity index (χ2n) is 4.44. The van der Waals surface area contributed by atoms with E-state index in [1.807, 2.05) is 23.4 Å². The first-order chi connectivity index (χ1) is 8.66. The number of anilines is 1. The monoisotopic (exact) mass is 323 g/mol. The van der Waals surface area contributed by atoms with Crippen molar-refractivity contribution in [3.05, 3.63) is 28.4 Å². The normalized spacial score (nSPS) is 14.6. The lowest BCUT2D eigenvalue weighted by atomic mass is 10.0. The van der Waals surface area contributed by atoms with Gasteiger partial charge >= 0.3 is 0 Å². The third-order valence-electron chi connectivity index (χ3n) is 3.27. The number of aromatic nitrogens is 2. The standard InChI is InChI=1S/C13H14BrN3S/c1-17-11(12(14)16-13(17)15)9-4-5-10-8(7-9)3-2-6-18-10/h4-5,7H,2-3,6H2,1H3,(H2,15,16). The second-order valence-corrected chi connectivity index (χ2v) is 6.33. The minimum absolute atomic E-state index is 0.531. The van der Waals surface area contributed by atoms with Crippen LogP contribution in [0.4, 0.5) is 5.95 Å². The van der Waals surface area contributed by atoms with Crippen LogP contribution in [0.5, 0.6) is 0 Å². The summed E-state index contributed by atoms with van der Waals surface area (Å²) < 4.78 is 2.73. The lowest BCUT2D eigenvalue weighted by molar-refractivity contribution is 0.888. The van der Waals surface area contributed by atoms with Gasteiger partial charge in [-0.2, -0.15) is 0 Å². The molecule has 0 aliphatic carbocycles. The van der Waals surface area contributed by atoms with E-state index in [4.69, 9.17) is 5.73 Å². The molecule has 94 valence electrons. The fourth-order valence-corrected chi connectivity index (χ4v) is 4.00. The number of fused-ring (bicyclic) bond motifs is 1. The van der Waals surface area contributed by atoms with Crippen LogP contribution in [-0.4, -0.2) is 15.3 Å². The Kier molecular flexibility index (Phi) is 3.11. The number of hydrogen-bond donors (Lipinski definition) is 1. The molecule has 0 saturated heterocycles. The van der Waals surface area contributed by atoms with E-state index < -0.39 is 0 Å². The fourth-order valence-electron chi connectivity index (χ4n) is 2.30. The van der Waals surface area contributed by atoms with E-state index >= 15 is 0 Å². The van der Waals surface area contributed by atoms with Gasteiger partial charge in [-0.25, -0.2) is 4.98 Å². The summed E-state index contributed by atoms with van der Waals surface area (Å²) in [6.45, 7) is 0. The van der Waals surface area contributed by atoms with Crippen molar-refractivity contribution in [3.8, 4) is 11.3 Å². The lowest BCUT2D eigenvalue weighted by Crippen LogP contribution is -2.01. The molecule has 0 spiro atoms. The van der Waals surface area contributed by atoms with Gasteiger partial charge in [0, 0.05) is 17.5 Å². The van der Waals surface area contributed by atoms with Gasteiger partial charge < -0.3 is 10.3 Å². The third-order valence-corrected chi connectivity index (χ3v) is 5.02. The van der Waals surface area contributed by atoms with Gasteiger partial charge in [0.1, 0.15) is 4.60 Å². The van der Waals surface area contributed by atoms with Gasteiger partial charge in [0.15, 0.2) is 0 Å². The fraction of sp³-hybridized carbons (Fsp3) is 0.308. The highest BCUT2D eigenvalue weighted by atomic mass is 79.9. The Bertz CT molecular complexity index is 607. The average Bonchev–Trinajstić information content (AvgIpc) is 2.63.